The zero-order valence-electron chi connectivity index (χ0n) is 10.7. The maximum absolute atomic E-state index is 12.0. The number of hydrogen-bond donors (Lipinski definition) is 2. The molecule has 0 aliphatic carbocycles. The van der Waals surface area contributed by atoms with Crippen molar-refractivity contribution in [2.45, 2.75) is 19.6 Å². The molecule has 3 N–H and O–H groups in total. The molecule has 1 aromatic heterocycles. The SMILES string of the molecule is Cc1cc(CS(=O)(=O)Nc2c(C)cccc2N)no1. The van der Waals surface area contributed by atoms with Gasteiger partial charge in [-0.05, 0) is 25.5 Å². The predicted molar refractivity (Wildman–Crippen MR) is 73.1 cm³/mol. The van der Waals surface area contributed by atoms with E-state index in [1.807, 2.05) is 0 Å². The Bertz CT molecular complexity index is 672. The van der Waals surface area contributed by atoms with Crippen molar-refractivity contribution in [3.05, 3.63) is 41.3 Å². The Balaban J connectivity index is 2.22. The third-order valence-corrected chi connectivity index (χ3v) is 3.77. The number of nitrogens with two attached hydrogens (primary N) is 1. The lowest BCUT2D eigenvalue weighted by Gasteiger charge is -2.11. The number of nitrogens with one attached hydrogen (secondary N) is 1. The van der Waals surface area contributed by atoms with Gasteiger partial charge >= 0.3 is 0 Å². The molecule has 1 heterocycles. The molecule has 0 amide bonds. The zero-order chi connectivity index (χ0) is 14.0. The first-order chi connectivity index (χ1) is 8.87. The molecule has 0 radical (unpaired) electrons. The summed E-state index contributed by atoms with van der Waals surface area (Å²) in [5.74, 6) is 0.318. The smallest absolute Gasteiger partial charge is 0.238 e. The number of sulfonamides is 1. The number of aryl methyl sites for hydroxylation is 2. The Labute approximate surface area is 111 Å². The van der Waals surface area contributed by atoms with Gasteiger partial charge in [0.2, 0.25) is 10.0 Å². The highest BCUT2D eigenvalue weighted by Crippen LogP contribution is 2.24. The first kappa shape index (κ1) is 13.4. The Hall–Kier alpha value is -2.02. The van der Waals surface area contributed by atoms with Gasteiger partial charge in [0.15, 0.2) is 0 Å². The molecule has 2 rings (SSSR count). The van der Waals surface area contributed by atoms with Gasteiger partial charge in [0.25, 0.3) is 0 Å². The van der Waals surface area contributed by atoms with E-state index in [9.17, 15) is 8.42 Å². The number of para-hydroxylation sites is 1. The summed E-state index contributed by atoms with van der Waals surface area (Å²) in [5.41, 5.74) is 7.68. The summed E-state index contributed by atoms with van der Waals surface area (Å²) < 4.78 is 31.4. The van der Waals surface area contributed by atoms with Crippen LogP contribution < -0.4 is 10.5 Å². The number of anilines is 2. The Morgan fingerprint density at radius 2 is 2.11 bits per heavy atom. The van der Waals surface area contributed by atoms with Crippen molar-refractivity contribution in [2.24, 2.45) is 0 Å². The summed E-state index contributed by atoms with van der Waals surface area (Å²) in [6.45, 7) is 3.49. The van der Waals surface area contributed by atoms with Crippen LogP contribution in [-0.2, 0) is 15.8 Å². The molecule has 19 heavy (non-hydrogen) atoms. The molecule has 1 aromatic carbocycles. The highest BCUT2D eigenvalue weighted by molar-refractivity contribution is 7.91. The summed E-state index contributed by atoms with van der Waals surface area (Å²) in [4.78, 5) is 0. The number of hydrogen-bond acceptors (Lipinski definition) is 5. The van der Waals surface area contributed by atoms with Crippen LogP contribution in [-0.4, -0.2) is 13.6 Å². The lowest BCUT2D eigenvalue weighted by Crippen LogP contribution is -2.17. The summed E-state index contributed by atoms with van der Waals surface area (Å²) in [6, 6.07) is 6.78. The summed E-state index contributed by atoms with van der Waals surface area (Å²) in [6.07, 6.45) is 0. The molecular weight excluding hydrogens is 266 g/mol. The van der Waals surface area contributed by atoms with E-state index in [4.69, 9.17) is 10.3 Å². The molecule has 102 valence electrons. The Morgan fingerprint density at radius 1 is 1.37 bits per heavy atom. The second-order valence-electron chi connectivity index (χ2n) is 4.33. The van der Waals surface area contributed by atoms with E-state index in [1.54, 1.807) is 38.1 Å². The second-order valence-corrected chi connectivity index (χ2v) is 6.05. The van der Waals surface area contributed by atoms with Gasteiger partial charge in [-0.25, -0.2) is 8.42 Å². The molecule has 0 saturated carbocycles. The summed E-state index contributed by atoms with van der Waals surface area (Å²) in [7, 11) is -3.57. The third kappa shape index (κ3) is 3.25. The first-order valence-corrected chi connectivity index (χ1v) is 7.30. The van der Waals surface area contributed by atoms with Gasteiger partial charge in [0.05, 0.1) is 11.4 Å². The molecule has 0 unspecified atom stereocenters. The fraction of sp³-hybridized carbons (Fsp3) is 0.250. The Morgan fingerprint density at radius 3 is 2.68 bits per heavy atom. The van der Waals surface area contributed by atoms with E-state index in [-0.39, 0.29) is 5.75 Å². The van der Waals surface area contributed by atoms with Crippen molar-refractivity contribution in [1.82, 2.24) is 5.16 Å². The zero-order valence-corrected chi connectivity index (χ0v) is 11.5. The van der Waals surface area contributed by atoms with Crippen molar-refractivity contribution in [3.8, 4) is 0 Å². The number of nitrogen functional groups attached to an aromatic ring is 1. The minimum atomic E-state index is -3.57. The minimum absolute atomic E-state index is 0.252. The molecule has 6 nitrogen and oxygen atoms in total. The van der Waals surface area contributed by atoms with Gasteiger partial charge in [-0.2, -0.15) is 0 Å². The molecule has 0 aliphatic heterocycles. The van der Waals surface area contributed by atoms with E-state index in [0.717, 1.165) is 5.56 Å². The monoisotopic (exact) mass is 281 g/mol. The quantitative estimate of drug-likeness (QED) is 0.833. The molecule has 2 aromatic rings. The second kappa shape index (κ2) is 4.93. The van der Waals surface area contributed by atoms with E-state index in [1.165, 1.54) is 0 Å². The van der Waals surface area contributed by atoms with Gasteiger partial charge in [0, 0.05) is 6.07 Å². The molecule has 0 atom stereocenters. The van der Waals surface area contributed by atoms with Gasteiger partial charge in [-0.3, -0.25) is 4.72 Å². The van der Waals surface area contributed by atoms with Gasteiger partial charge in [-0.1, -0.05) is 17.3 Å². The number of aromatic nitrogens is 1. The normalized spacial score (nSPS) is 11.5. The van der Waals surface area contributed by atoms with Crippen molar-refractivity contribution >= 4 is 21.4 Å². The first-order valence-electron chi connectivity index (χ1n) is 5.65. The highest BCUT2D eigenvalue weighted by Gasteiger charge is 2.17. The molecule has 0 saturated heterocycles. The van der Waals surface area contributed by atoms with Crippen molar-refractivity contribution in [3.63, 3.8) is 0 Å². The van der Waals surface area contributed by atoms with Crippen molar-refractivity contribution in [1.29, 1.82) is 0 Å². The number of benzene rings is 1. The number of nitrogens with zero attached hydrogens (tertiary/aromatic N) is 1. The van der Waals surface area contributed by atoms with E-state index in [0.29, 0.717) is 22.8 Å². The van der Waals surface area contributed by atoms with E-state index in [2.05, 4.69) is 9.88 Å². The largest absolute Gasteiger partial charge is 0.397 e. The molecule has 0 aliphatic rings. The maximum Gasteiger partial charge on any atom is 0.238 e. The molecule has 7 heteroatoms. The highest BCUT2D eigenvalue weighted by atomic mass is 32.2. The van der Waals surface area contributed by atoms with Gasteiger partial charge in [-0.15, -0.1) is 0 Å². The predicted octanol–water partition coefficient (Wildman–Crippen LogP) is 1.82. The standard InChI is InChI=1S/C12H15N3O3S/c1-8-4-3-5-11(13)12(8)15-19(16,17)7-10-6-9(2)18-14-10/h3-6,15H,7,13H2,1-2H3. The van der Waals surface area contributed by atoms with Crippen molar-refractivity contribution < 1.29 is 12.9 Å². The van der Waals surface area contributed by atoms with Crippen LogP contribution in [0, 0.1) is 13.8 Å². The third-order valence-electron chi connectivity index (χ3n) is 2.58. The van der Waals surface area contributed by atoms with Gasteiger partial charge in [0.1, 0.15) is 17.2 Å². The van der Waals surface area contributed by atoms with Crippen LogP contribution in [0.5, 0.6) is 0 Å². The Kier molecular flexibility index (Phi) is 3.48. The molecule has 0 bridgehead atoms. The molecule has 0 fully saturated rings. The van der Waals surface area contributed by atoms with Crippen LogP contribution in [0.15, 0.2) is 28.8 Å². The van der Waals surface area contributed by atoms with Crippen LogP contribution >= 0.6 is 0 Å². The summed E-state index contributed by atoms with van der Waals surface area (Å²) >= 11 is 0. The van der Waals surface area contributed by atoms with Gasteiger partial charge < -0.3 is 10.3 Å². The van der Waals surface area contributed by atoms with E-state index >= 15 is 0 Å². The lowest BCUT2D eigenvalue weighted by atomic mass is 10.2. The van der Waals surface area contributed by atoms with Crippen LogP contribution in [0.4, 0.5) is 11.4 Å². The lowest BCUT2D eigenvalue weighted by molar-refractivity contribution is 0.392. The fourth-order valence-electron chi connectivity index (χ4n) is 1.70. The average Bonchev–Trinajstić information content (AvgIpc) is 2.69. The van der Waals surface area contributed by atoms with E-state index < -0.39 is 10.0 Å². The fourth-order valence-corrected chi connectivity index (χ4v) is 2.89. The molecular formula is C12H15N3O3S. The average molecular weight is 281 g/mol. The molecule has 0 spiro atoms. The number of rotatable bonds is 4. The van der Waals surface area contributed by atoms with Crippen LogP contribution in [0.3, 0.4) is 0 Å². The maximum atomic E-state index is 12.0. The van der Waals surface area contributed by atoms with Crippen LogP contribution in [0.25, 0.3) is 0 Å². The summed E-state index contributed by atoms with van der Waals surface area (Å²) in [5, 5.41) is 3.66. The minimum Gasteiger partial charge on any atom is -0.397 e. The topological polar surface area (TPSA) is 98.2 Å². The van der Waals surface area contributed by atoms with Crippen LogP contribution in [0.1, 0.15) is 17.0 Å². The van der Waals surface area contributed by atoms with Crippen molar-refractivity contribution in [2.75, 3.05) is 10.5 Å². The van der Waals surface area contributed by atoms with Crippen LogP contribution in [0.2, 0.25) is 0 Å².